The van der Waals surface area contributed by atoms with E-state index < -0.39 is 78.0 Å². The van der Waals surface area contributed by atoms with Gasteiger partial charge in [0, 0.05) is 29.6 Å². The normalized spacial score (nSPS) is 24.6. The molecule has 3 aliphatic carbocycles. The van der Waals surface area contributed by atoms with E-state index in [9.17, 15) is 43.9 Å². The number of aromatic nitrogens is 2. The molecule has 250 valence electrons. The molecule has 0 saturated carbocycles. The predicted molar refractivity (Wildman–Crippen MR) is 150 cm³/mol. The standard InChI is InChI=1S/C33H26F10N2O2/c1-2-3-4-5-21-17-44-30(45-18-21)11-8-19-7-10-24(27(36)12-19)32(39,40)46-22-15-25(34)23(26(35)16-22)9-6-20-13-28(37)31(29(38)14-20)47-33(41,42)43/h7,12-18,23-25,28,31H,2-5,10H2,1H3. The van der Waals surface area contributed by atoms with E-state index in [1.165, 1.54) is 6.08 Å². The Morgan fingerprint density at radius 2 is 1.53 bits per heavy atom. The van der Waals surface area contributed by atoms with Crippen LogP contribution in [0.2, 0.25) is 0 Å². The van der Waals surface area contributed by atoms with Crippen LogP contribution in [-0.2, 0) is 15.9 Å². The second kappa shape index (κ2) is 15.1. The van der Waals surface area contributed by atoms with E-state index in [1.54, 1.807) is 12.4 Å². The summed E-state index contributed by atoms with van der Waals surface area (Å²) in [5.74, 6) is 0.107. The molecule has 1 aromatic heterocycles. The Hall–Kier alpha value is -4.30. The SMILES string of the molecule is CCCCCc1cnc(C#CC2=CCC(C(F)(F)OC3=CC(F)C(C#CC4=CC(F)C(OC(F)(F)F)C(F)=C4)C(F)=C3)C(F)=C2)nc1. The van der Waals surface area contributed by atoms with Gasteiger partial charge in [-0.3, -0.25) is 4.74 Å². The molecule has 0 saturated heterocycles. The zero-order chi connectivity index (χ0) is 34.4. The highest BCUT2D eigenvalue weighted by Gasteiger charge is 2.47. The van der Waals surface area contributed by atoms with Gasteiger partial charge in [0.2, 0.25) is 5.82 Å². The highest BCUT2D eigenvalue weighted by molar-refractivity contribution is 5.46. The summed E-state index contributed by atoms with van der Waals surface area (Å²) in [6.45, 7) is 2.09. The Bertz CT molecular complexity index is 1630. The number of aryl methyl sites for hydroxylation is 1. The monoisotopic (exact) mass is 672 g/mol. The lowest BCUT2D eigenvalue weighted by Crippen LogP contribution is -2.33. The minimum atomic E-state index is -5.33. The van der Waals surface area contributed by atoms with Crippen LogP contribution in [0.5, 0.6) is 0 Å². The van der Waals surface area contributed by atoms with Crippen LogP contribution in [0.25, 0.3) is 0 Å². The summed E-state index contributed by atoms with van der Waals surface area (Å²) >= 11 is 0. The average Bonchev–Trinajstić information content (AvgIpc) is 2.97. The summed E-state index contributed by atoms with van der Waals surface area (Å²) in [6, 6.07) is 0. The Kier molecular flexibility index (Phi) is 11.4. The van der Waals surface area contributed by atoms with Crippen molar-refractivity contribution in [3.8, 4) is 23.7 Å². The molecule has 0 N–H and O–H groups in total. The highest BCUT2D eigenvalue weighted by atomic mass is 19.4. The molecule has 0 bridgehead atoms. The van der Waals surface area contributed by atoms with Gasteiger partial charge in [0.1, 0.15) is 41.2 Å². The summed E-state index contributed by atoms with van der Waals surface area (Å²) in [4.78, 5) is 8.26. The maximum Gasteiger partial charge on any atom is 0.523 e. The third-order valence-corrected chi connectivity index (χ3v) is 7.00. The Morgan fingerprint density at radius 3 is 2.15 bits per heavy atom. The van der Waals surface area contributed by atoms with Crippen LogP contribution in [0.15, 0.2) is 83.2 Å². The van der Waals surface area contributed by atoms with E-state index in [-0.39, 0.29) is 11.4 Å². The molecular weight excluding hydrogens is 646 g/mol. The second-order valence-corrected chi connectivity index (χ2v) is 10.6. The van der Waals surface area contributed by atoms with Gasteiger partial charge in [-0.15, -0.1) is 13.2 Å². The Labute approximate surface area is 263 Å². The van der Waals surface area contributed by atoms with E-state index >= 15 is 0 Å². The fourth-order valence-electron chi connectivity index (χ4n) is 4.62. The third kappa shape index (κ3) is 9.85. The van der Waals surface area contributed by atoms with Gasteiger partial charge in [0.25, 0.3) is 0 Å². The van der Waals surface area contributed by atoms with Crippen molar-refractivity contribution in [2.45, 2.75) is 69.9 Å². The summed E-state index contributed by atoms with van der Waals surface area (Å²) in [5, 5.41) is 0. The molecule has 5 atom stereocenters. The Balaban J connectivity index is 1.37. The molecule has 0 aromatic carbocycles. The minimum absolute atomic E-state index is 0.0866. The van der Waals surface area contributed by atoms with Crippen LogP contribution in [-0.4, -0.2) is 40.9 Å². The van der Waals surface area contributed by atoms with Crippen LogP contribution < -0.4 is 0 Å². The van der Waals surface area contributed by atoms with Crippen molar-refractivity contribution in [3.05, 3.63) is 94.6 Å². The molecule has 0 fully saturated rings. The summed E-state index contributed by atoms with van der Waals surface area (Å²) in [7, 11) is 0. The smallest absolute Gasteiger partial charge is 0.432 e. The zero-order valence-corrected chi connectivity index (χ0v) is 24.5. The van der Waals surface area contributed by atoms with E-state index in [0.29, 0.717) is 24.3 Å². The first kappa shape index (κ1) is 35.6. The highest BCUT2D eigenvalue weighted by Crippen LogP contribution is 2.41. The zero-order valence-electron chi connectivity index (χ0n) is 24.5. The van der Waals surface area contributed by atoms with Crippen molar-refractivity contribution in [1.82, 2.24) is 9.97 Å². The van der Waals surface area contributed by atoms with Crippen LogP contribution in [0.3, 0.4) is 0 Å². The topological polar surface area (TPSA) is 44.2 Å². The fraction of sp³-hybridized carbons (Fsp3) is 0.394. The molecule has 3 aliphatic rings. The predicted octanol–water partition coefficient (Wildman–Crippen LogP) is 8.72. The van der Waals surface area contributed by atoms with Crippen molar-refractivity contribution < 1.29 is 53.4 Å². The first-order valence-corrected chi connectivity index (χ1v) is 14.3. The maximum absolute atomic E-state index is 14.9. The van der Waals surface area contributed by atoms with Gasteiger partial charge >= 0.3 is 12.5 Å². The van der Waals surface area contributed by atoms with Gasteiger partial charge in [-0.2, -0.15) is 8.78 Å². The van der Waals surface area contributed by atoms with Gasteiger partial charge in [-0.25, -0.2) is 31.9 Å². The number of hydrogen-bond acceptors (Lipinski definition) is 4. The second-order valence-electron chi connectivity index (χ2n) is 10.6. The molecule has 1 aromatic rings. The van der Waals surface area contributed by atoms with Gasteiger partial charge in [0.15, 0.2) is 12.3 Å². The quantitative estimate of drug-likeness (QED) is 0.158. The van der Waals surface area contributed by atoms with Crippen LogP contribution >= 0.6 is 0 Å². The van der Waals surface area contributed by atoms with Crippen molar-refractivity contribution in [3.63, 3.8) is 0 Å². The maximum atomic E-state index is 14.9. The van der Waals surface area contributed by atoms with Gasteiger partial charge in [0.05, 0.1) is 0 Å². The van der Waals surface area contributed by atoms with Crippen molar-refractivity contribution in [1.29, 1.82) is 0 Å². The van der Waals surface area contributed by atoms with Gasteiger partial charge in [-0.05, 0) is 55.1 Å². The van der Waals surface area contributed by atoms with Crippen LogP contribution in [0, 0.1) is 35.5 Å². The van der Waals surface area contributed by atoms with Gasteiger partial charge < -0.3 is 4.74 Å². The first-order chi connectivity index (χ1) is 22.1. The lowest BCUT2D eigenvalue weighted by Gasteiger charge is -2.28. The van der Waals surface area contributed by atoms with E-state index in [2.05, 4.69) is 38.2 Å². The molecule has 14 heteroatoms. The average molecular weight is 673 g/mol. The Morgan fingerprint density at radius 1 is 0.830 bits per heavy atom. The molecule has 1 heterocycles. The number of hydrogen-bond donors (Lipinski definition) is 0. The largest absolute Gasteiger partial charge is 0.523 e. The van der Waals surface area contributed by atoms with E-state index in [1.807, 2.05) is 11.8 Å². The molecule has 0 spiro atoms. The van der Waals surface area contributed by atoms with Crippen LogP contribution in [0.1, 0.15) is 44.0 Å². The van der Waals surface area contributed by atoms with Gasteiger partial charge in [-0.1, -0.05) is 43.6 Å². The minimum Gasteiger partial charge on any atom is -0.432 e. The number of alkyl halides is 7. The number of nitrogens with zero attached hydrogens (tertiary/aromatic N) is 2. The molecule has 0 radical (unpaired) electrons. The number of ether oxygens (including phenoxy) is 2. The van der Waals surface area contributed by atoms with Crippen molar-refractivity contribution in [2.75, 3.05) is 0 Å². The third-order valence-electron chi connectivity index (χ3n) is 7.00. The number of allylic oxidation sites excluding steroid dienone is 8. The lowest BCUT2D eigenvalue weighted by atomic mass is 9.93. The van der Waals surface area contributed by atoms with E-state index in [4.69, 9.17) is 0 Å². The molecule has 5 unspecified atom stereocenters. The van der Waals surface area contributed by atoms with Crippen molar-refractivity contribution >= 4 is 0 Å². The van der Waals surface area contributed by atoms with Crippen LogP contribution in [0.4, 0.5) is 43.9 Å². The summed E-state index contributed by atoms with van der Waals surface area (Å²) in [6.07, 6.45) is -6.82. The lowest BCUT2D eigenvalue weighted by molar-refractivity contribution is -0.343. The number of unbranched alkanes of at least 4 members (excludes halogenated alkanes) is 2. The number of rotatable bonds is 8. The molecule has 47 heavy (non-hydrogen) atoms. The van der Waals surface area contributed by atoms with Crippen molar-refractivity contribution in [2.24, 2.45) is 11.8 Å². The van der Waals surface area contributed by atoms with E-state index in [0.717, 1.165) is 37.3 Å². The number of halogens is 10. The molecule has 0 amide bonds. The first-order valence-electron chi connectivity index (χ1n) is 14.3. The molecule has 4 nitrogen and oxygen atoms in total. The molecule has 4 rings (SSSR count). The molecular formula is C33H26F10N2O2. The fourth-order valence-corrected chi connectivity index (χ4v) is 4.62. The summed E-state index contributed by atoms with van der Waals surface area (Å²) < 4.78 is 147. The molecule has 0 aliphatic heterocycles. The summed E-state index contributed by atoms with van der Waals surface area (Å²) in [5.41, 5.74) is 0.488.